The molecule has 2 heterocycles. The summed E-state index contributed by atoms with van der Waals surface area (Å²) in [6, 6.07) is 8.61. The van der Waals surface area contributed by atoms with E-state index in [2.05, 4.69) is 10.6 Å². The zero-order valence-electron chi connectivity index (χ0n) is 15.3. The number of benzene rings is 2. The summed E-state index contributed by atoms with van der Waals surface area (Å²) in [5.41, 5.74) is 2.52. The summed E-state index contributed by atoms with van der Waals surface area (Å²) in [5.74, 6) is 1.33. The van der Waals surface area contributed by atoms with Crippen molar-refractivity contribution in [1.82, 2.24) is 0 Å². The Morgan fingerprint density at radius 1 is 1.22 bits per heavy atom. The number of amides is 2. The van der Waals surface area contributed by atoms with E-state index in [0.29, 0.717) is 34.2 Å². The molecule has 2 aromatic rings. The monoisotopic (exact) mass is 368 g/mol. The van der Waals surface area contributed by atoms with Crippen molar-refractivity contribution in [3.63, 3.8) is 0 Å². The van der Waals surface area contributed by atoms with Crippen molar-refractivity contribution in [1.29, 1.82) is 0 Å². The number of fused-ring (bicyclic) bond motifs is 2. The summed E-state index contributed by atoms with van der Waals surface area (Å²) < 4.78 is 16.6. The second-order valence-corrected chi connectivity index (χ2v) is 6.71. The van der Waals surface area contributed by atoms with E-state index in [-0.39, 0.29) is 17.9 Å². The molecule has 0 bridgehead atoms. The second kappa shape index (κ2) is 6.50. The molecule has 0 unspecified atom stereocenters. The van der Waals surface area contributed by atoms with Crippen LogP contribution in [0.2, 0.25) is 0 Å². The first-order chi connectivity index (χ1) is 12.9. The van der Waals surface area contributed by atoms with Gasteiger partial charge in [-0.15, -0.1) is 0 Å². The molecule has 0 aliphatic carbocycles. The van der Waals surface area contributed by atoms with Crippen LogP contribution in [0.1, 0.15) is 29.8 Å². The minimum absolute atomic E-state index is 0.0545. The Bertz CT molecular complexity index is 940. The molecule has 2 amide bonds. The summed E-state index contributed by atoms with van der Waals surface area (Å²) in [5, 5.41) is 5.61. The SMILES string of the molecule is COc1cc(C(=O)Nc2ccc3c(c2)NC(=O)[C@H](C)O3)cc2c1O[C@@H](C)C2. The van der Waals surface area contributed by atoms with E-state index in [1.165, 1.54) is 0 Å². The van der Waals surface area contributed by atoms with Gasteiger partial charge in [-0.25, -0.2) is 0 Å². The number of hydrogen-bond donors (Lipinski definition) is 2. The van der Waals surface area contributed by atoms with Crippen molar-refractivity contribution < 1.29 is 23.8 Å². The van der Waals surface area contributed by atoms with E-state index < -0.39 is 6.10 Å². The van der Waals surface area contributed by atoms with Crippen molar-refractivity contribution in [2.45, 2.75) is 32.5 Å². The lowest BCUT2D eigenvalue weighted by Crippen LogP contribution is -2.34. The van der Waals surface area contributed by atoms with Gasteiger partial charge in [0.2, 0.25) is 0 Å². The topological polar surface area (TPSA) is 85.9 Å². The highest BCUT2D eigenvalue weighted by atomic mass is 16.5. The Balaban J connectivity index is 1.58. The number of carbonyl (C=O) groups is 2. The first kappa shape index (κ1) is 17.2. The maximum Gasteiger partial charge on any atom is 0.265 e. The van der Waals surface area contributed by atoms with Gasteiger partial charge in [-0.1, -0.05) is 0 Å². The van der Waals surface area contributed by atoms with Crippen LogP contribution in [0, 0.1) is 0 Å². The third-order valence-electron chi connectivity index (χ3n) is 4.61. The van der Waals surface area contributed by atoms with Crippen molar-refractivity contribution in [2.24, 2.45) is 0 Å². The predicted molar refractivity (Wildman–Crippen MR) is 99.9 cm³/mol. The molecule has 140 valence electrons. The largest absolute Gasteiger partial charge is 0.493 e. The summed E-state index contributed by atoms with van der Waals surface area (Å²) >= 11 is 0. The Morgan fingerprint density at radius 3 is 2.81 bits per heavy atom. The summed E-state index contributed by atoms with van der Waals surface area (Å²) in [4.78, 5) is 24.5. The summed E-state index contributed by atoms with van der Waals surface area (Å²) in [7, 11) is 1.55. The Labute approximate surface area is 156 Å². The van der Waals surface area contributed by atoms with Gasteiger partial charge in [-0.3, -0.25) is 9.59 Å². The third-order valence-corrected chi connectivity index (χ3v) is 4.61. The quantitative estimate of drug-likeness (QED) is 0.870. The van der Waals surface area contributed by atoms with Gasteiger partial charge in [0.25, 0.3) is 11.8 Å². The van der Waals surface area contributed by atoms with Crippen LogP contribution in [0.15, 0.2) is 30.3 Å². The molecule has 4 rings (SSSR count). The molecular weight excluding hydrogens is 348 g/mol. The van der Waals surface area contributed by atoms with Gasteiger partial charge >= 0.3 is 0 Å². The first-order valence-corrected chi connectivity index (χ1v) is 8.75. The van der Waals surface area contributed by atoms with E-state index in [1.807, 2.05) is 13.0 Å². The van der Waals surface area contributed by atoms with E-state index in [1.54, 1.807) is 38.3 Å². The molecule has 2 aliphatic heterocycles. The molecule has 2 aromatic carbocycles. The Morgan fingerprint density at radius 2 is 2.04 bits per heavy atom. The lowest BCUT2D eigenvalue weighted by Gasteiger charge is -2.23. The molecule has 0 saturated heterocycles. The maximum atomic E-state index is 12.7. The van der Waals surface area contributed by atoms with Crippen molar-refractivity contribution in [2.75, 3.05) is 17.7 Å². The molecule has 0 saturated carbocycles. The number of ether oxygens (including phenoxy) is 3. The molecule has 0 radical (unpaired) electrons. The average Bonchev–Trinajstić information content (AvgIpc) is 3.02. The van der Waals surface area contributed by atoms with E-state index >= 15 is 0 Å². The van der Waals surface area contributed by atoms with Gasteiger partial charge in [0.15, 0.2) is 17.6 Å². The molecule has 7 heteroatoms. The highest BCUT2D eigenvalue weighted by Gasteiger charge is 2.26. The summed E-state index contributed by atoms with van der Waals surface area (Å²) in [6.45, 7) is 3.66. The Hall–Kier alpha value is -3.22. The molecule has 0 spiro atoms. The van der Waals surface area contributed by atoms with E-state index in [0.717, 1.165) is 12.0 Å². The predicted octanol–water partition coefficient (Wildman–Crippen LogP) is 2.99. The van der Waals surface area contributed by atoms with Gasteiger partial charge < -0.3 is 24.8 Å². The average molecular weight is 368 g/mol. The van der Waals surface area contributed by atoms with Gasteiger partial charge in [0.05, 0.1) is 12.8 Å². The van der Waals surface area contributed by atoms with Gasteiger partial charge in [0, 0.05) is 23.2 Å². The number of rotatable bonds is 3. The lowest BCUT2D eigenvalue weighted by atomic mass is 10.1. The fourth-order valence-electron chi connectivity index (χ4n) is 3.27. The number of hydrogen-bond acceptors (Lipinski definition) is 5. The normalized spacial score (nSPS) is 19.9. The molecule has 2 aliphatic rings. The molecule has 0 aromatic heterocycles. The standard InChI is InChI=1S/C20H20N2O5/c1-10-6-12-7-13(8-17(25-3)18(12)26-10)20(24)21-14-4-5-16-15(9-14)22-19(23)11(2)27-16/h4-5,7-11H,6H2,1-3H3,(H,21,24)(H,22,23)/t10-,11-/m0/s1. The minimum Gasteiger partial charge on any atom is -0.493 e. The van der Waals surface area contributed by atoms with Crippen LogP contribution >= 0.6 is 0 Å². The number of nitrogens with one attached hydrogen (secondary N) is 2. The van der Waals surface area contributed by atoms with Crippen LogP contribution in [0.3, 0.4) is 0 Å². The van der Waals surface area contributed by atoms with Crippen LogP contribution in [-0.2, 0) is 11.2 Å². The molecule has 2 N–H and O–H groups in total. The van der Waals surface area contributed by atoms with E-state index in [4.69, 9.17) is 14.2 Å². The van der Waals surface area contributed by atoms with E-state index in [9.17, 15) is 9.59 Å². The van der Waals surface area contributed by atoms with Crippen molar-refractivity contribution in [3.8, 4) is 17.2 Å². The fraction of sp³-hybridized carbons (Fsp3) is 0.300. The highest BCUT2D eigenvalue weighted by Crippen LogP contribution is 2.39. The zero-order chi connectivity index (χ0) is 19.1. The van der Waals surface area contributed by atoms with Crippen LogP contribution < -0.4 is 24.8 Å². The first-order valence-electron chi connectivity index (χ1n) is 8.75. The number of anilines is 2. The van der Waals surface area contributed by atoms with Crippen LogP contribution in [0.4, 0.5) is 11.4 Å². The maximum absolute atomic E-state index is 12.7. The smallest absolute Gasteiger partial charge is 0.265 e. The minimum atomic E-state index is -0.540. The van der Waals surface area contributed by atoms with Crippen LogP contribution in [0.25, 0.3) is 0 Å². The second-order valence-electron chi connectivity index (χ2n) is 6.71. The summed E-state index contributed by atoms with van der Waals surface area (Å²) in [6.07, 6.45) is 0.244. The van der Waals surface area contributed by atoms with Crippen LogP contribution in [-0.4, -0.2) is 31.1 Å². The van der Waals surface area contributed by atoms with Crippen LogP contribution in [0.5, 0.6) is 17.2 Å². The fourth-order valence-corrected chi connectivity index (χ4v) is 3.27. The molecule has 7 nitrogen and oxygen atoms in total. The number of carbonyl (C=O) groups excluding carboxylic acids is 2. The Kier molecular flexibility index (Phi) is 4.14. The van der Waals surface area contributed by atoms with Crippen molar-refractivity contribution >= 4 is 23.2 Å². The molecule has 27 heavy (non-hydrogen) atoms. The molecule has 2 atom stereocenters. The van der Waals surface area contributed by atoms with Gasteiger partial charge in [-0.2, -0.15) is 0 Å². The van der Waals surface area contributed by atoms with Crippen molar-refractivity contribution in [3.05, 3.63) is 41.5 Å². The number of methoxy groups -OCH3 is 1. The highest BCUT2D eigenvalue weighted by molar-refractivity contribution is 6.06. The van der Waals surface area contributed by atoms with Gasteiger partial charge in [-0.05, 0) is 44.2 Å². The lowest BCUT2D eigenvalue weighted by molar-refractivity contribution is -0.122. The third kappa shape index (κ3) is 3.16. The zero-order valence-corrected chi connectivity index (χ0v) is 15.3. The molecule has 0 fully saturated rings. The van der Waals surface area contributed by atoms with Gasteiger partial charge in [0.1, 0.15) is 11.9 Å². The molecular formula is C20H20N2O5.